The van der Waals surface area contributed by atoms with Gasteiger partial charge in [0.05, 0.1) is 11.3 Å². The molecule has 1 aromatic heterocycles. The Morgan fingerprint density at radius 3 is 2.55 bits per heavy atom. The van der Waals surface area contributed by atoms with Gasteiger partial charge in [-0.05, 0) is 37.6 Å². The monoisotopic (exact) mass is 264 g/mol. The maximum absolute atomic E-state index is 10.0. The molecule has 0 bridgehead atoms. The highest BCUT2D eigenvalue weighted by Crippen LogP contribution is 2.28. The van der Waals surface area contributed by atoms with Crippen molar-refractivity contribution in [1.82, 2.24) is 4.98 Å². The fraction of sp³-hybridized carbons (Fsp3) is 0.118. The van der Waals surface area contributed by atoms with E-state index < -0.39 is 0 Å². The fourth-order valence-corrected chi connectivity index (χ4v) is 2.34. The largest absolute Gasteiger partial charge is 0.494 e. The van der Waals surface area contributed by atoms with Crippen LogP contribution in [0, 0.1) is 13.8 Å². The second kappa shape index (κ2) is 4.85. The Labute approximate surface area is 117 Å². The van der Waals surface area contributed by atoms with Gasteiger partial charge in [0.15, 0.2) is 5.88 Å². The first-order valence-electron chi connectivity index (χ1n) is 6.56. The quantitative estimate of drug-likeness (QED) is 0.668. The van der Waals surface area contributed by atoms with E-state index in [9.17, 15) is 5.11 Å². The summed E-state index contributed by atoms with van der Waals surface area (Å²) in [4.78, 5) is 7.41. The number of aromatic amines is 1. The molecule has 0 aliphatic carbocycles. The van der Waals surface area contributed by atoms with Crippen LogP contribution in [0.15, 0.2) is 47.5 Å². The standard InChI is InChI=1S/C17H16N2O/c1-11-6-8-13(9-7-11)18-10-14-16-12(2)4-3-5-15(16)19-17(14)20/h3-10,19-20H,1-2H3. The number of H-pyrrole nitrogens is 1. The SMILES string of the molecule is Cc1ccc(N=Cc2c(O)[nH]c3cccc(C)c23)cc1. The maximum atomic E-state index is 10.0. The summed E-state index contributed by atoms with van der Waals surface area (Å²) in [6.45, 7) is 4.07. The minimum atomic E-state index is 0.158. The van der Waals surface area contributed by atoms with Crippen LogP contribution >= 0.6 is 0 Å². The number of nitrogens with one attached hydrogen (secondary N) is 1. The van der Waals surface area contributed by atoms with E-state index in [1.807, 2.05) is 56.3 Å². The Kier molecular flexibility index (Phi) is 3.03. The van der Waals surface area contributed by atoms with Crippen LogP contribution in [-0.2, 0) is 0 Å². The minimum Gasteiger partial charge on any atom is -0.494 e. The Bertz CT molecular complexity index is 783. The third kappa shape index (κ3) is 2.18. The van der Waals surface area contributed by atoms with E-state index in [1.165, 1.54) is 5.56 Å². The Morgan fingerprint density at radius 1 is 1.05 bits per heavy atom. The lowest BCUT2D eigenvalue weighted by Gasteiger charge is -1.98. The summed E-state index contributed by atoms with van der Waals surface area (Å²) in [5.74, 6) is 0.158. The lowest BCUT2D eigenvalue weighted by Crippen LogP contribution is -1.82. The van der Waals surface area contributed by atoms with Gasteiger partial charge in [-0.25, -0.2) is 0 Å². The number of aliphatic imine (C=N–C) groups is 1. The van der Waals surface area contributed by atoms with E-state index in [0.29, 0.717) is 0 Å². The molecule has 3 aromatic rings. The third-order valence-electron chi connectivity index (χ3n) is 3.43. The molecular formula is C17H16N2O. The summed E-state index contributed by atoms with van der Waals surface area (Å²) in [7, 11) is 0. The number of aromatic nitrogens is 1. The smallest absolute Gasteiger partial charge is 0.198 e. The van der Waals surface area contributed by atoms with E-state index >= 15 is 0 Å². The number of aromatic hydroxyl groups is 1. The van der Waals surface area contributed by atoms with Crippen molar-refractivity contribution >= 4 is 22.8 Å². The summed E-state index contributed by atoms with van der Waals surface area (Å²) in [6, 6.07) is 13.9. The van der Waals surface area contributed by atoms with Crippen molar-refractivity contribution in [3.05, 3.63) is 59.2 Å². The normalized spacial score (nSPS) is 11.5. The van der Waals surface area contributed by atoms with Crippen molar-refractivity contribution in [3.8, 4) is 5.88 Å². The predicted molar refractivity (Wildman–Crippen MR) is 83.1 cm³/mol. The number of hydrogen-bond donors (Lipinski definition) is 2. The van der Waals surface area contributed by atoms with Crippen LogP contribution in [0.5, 0.6) is 5.88 Å². The molecule has 3 rings (SSSR count). The molecule has 0 aliphatic rings. The number of fused-ring (bicyclic) bond motifs is 1. The zero-order valence-electron chi connectivity index (χ0n) is 11.5. The molecule has 0 radical (unpaired) electrons. The molecule has 100 valence electrons. The maximum Gasteiger partial charge on any atom is 0.198 e. The number of rotatable bonds is 2. The molecule has 3 heteroatoms. The van der Waals surface area contributed by atoms with Gasteiger partial charge in [-0.1, -0.05) is 29.8 Å². The van der Waals surface area contributed by atoms with Crippen molar-refractivity contribution in [2.45, 2.75) is 13.8 Å². The van der Waals surface area contributed by atoms with Gasteiger partial charge in [-0.15, -0.1) is 0 Å². The lowest BCUT2D eigenvalue weighted by atomic mass is 10.1. The molecule has 1 heterocycles. The number of benzene rings is 2. The molecule has 0 atom stereocenters. The van der Waals surface area contributed by atoms with Gasteiger partial charge in [0, 0.05) is 17.1 Å². The van der Waals surface area contributed by atoms with Crippen LogP contribution in [0.25, 0.3) is 10.9 Å². The molecule has 2 aromatic carbocycles. The van der Waals surface area contributed by atoms with Crippen molar-refractivity contribution < 1.29 is 5.11 Å². The highest BCUT2D eigenvalue weighted by atomic mass is 16.3. The van der Waals surface area contributed by atoms with Gasteiger partial charge in [0.1, 0.15) is 0 Å². The molecule has 0 spiro atoms. The van der Waals surface area contributed by atoms with Crippen LogP contribution in [0.4, 0.5) is 5.69 Å². The molecule has 0 unspecified atom stereocenters. The molecule has 2 N–H and O–H groups in total. The van der Waals surface area contributed by atoms with Crippen LogP contribution in [-0.4, -0.2) is 16.3 Å². The number of nitrogens with zero attached hydrogens (tertiary/aromatic N) is 1. The molecule has 3 nitrogen and oxygen atoms in total. The summed E-state index contributed by atoms with van der Waals surface area (Å²) >= 11 is 0. The Morgan fingerprint density at radius 2 is 1.80 bits per heavy atom. The molecule has 20 heavy (non-hydrogen) atoms. The third-order valence-corrected chi connectivity index (χ3v) is 3.43. The molecule has 0 aliphatic heterocycles. The highest BCUT2D eigenvalue weighted by Gasteiger charge is 2.10. The van der Waals surface area contributed by atoms with E-state index in [2.05, 4.69) is 9.98 Å². The first-order valence-corrected chi connectivity index (χ1v) is 6.56. The van der Waals surface area contributed by atoms with E-state index in [1.54, 1.807) is 6.21 Å². The van der Waals surface area contributed by atoms with Crippen molar-refractivity contribution in [3.63, 3.8) is 0 Å². The fourth-order valence-electron chi connectivity index (χ4n) is 2.34. The molecule has 0 saturated heterocycles. The summed E-state index contributed by atoms with van der Waals surface area (Å²) in [5, 5.41) is 11.0. The minimum absolute atomic E-state index is 0.158. The van der Waals surface area contributed by atoms with E-state index in [-0.39, 0.29) is 5.88 Å². The van der Waals surface area contributed by atoms with Gasteiger partial charge in [0.2, 0.25) is 0 Å². The van der Waals surface area contributed by atoms with Crippen LogP contribution < -0.4 is 0 Å². The average molecular weight is 264 g/mol. The van der Waals surface area contributed by atoms with Crippen molar-refractivity contribution in [2.75, 3.05) is 0 Å². The average Bonchev–Trinajstić information content (AvgIpc) is 2.75. The Balaban J connectivity index is 2.06. The summed E-state index contributed by atoms with van der Waals surface area (Å²) < 4.78 is 0. The zero-order valence-corrected chi connectivity index (χ0v) is 11.5. The van der Waals surface area contributed by atoms with Gasteiger partial charge >= 0.3 is 0 Å². The second-order valence-corrected chi connectivity index (χ2v) is 4.98. The van der Waals surface area contributed by atoms with Gasteiger partial charge in [0.25, 0.3) is 0 Å². The lowest BCUT2D eigenvalue weighted by molar-refractivity contribution is 0.457. The first kappa shape index (κ1) is 12.5. The predicted octanol–water partition coefficient (Wildman–Crippen LogP) is 4.24. The van der Waals surface area contributed by atoms with Crippen molar-refractivity contribution in [1.29, 1.82) is 0 Å². The van der Waals surface area contributed by atoms with Crippen LogP contribution in [0.1, 0.15) is 16.7 Å². The van der Waals surface area contributed by atoms with E-state index in [4.69, 9.17) is 0 Å². The molecular weight excluding hydrogens is 248 g/mol. The molecule has 0 amide bonds. The number of aryl methyl sites for hydroxylation is 2. The number of hydrogen-bond acceptors (Lipinski definition) is 2. The van der Waals surface area contributed by atoms with Gasteiger partial charge < -0.3 is 10.1 Å². The summed E-state index contributed by atoms with van der Waals surface area (Å²) in [5.41, 5.74) is 4.85. The van der Waals surface area contributed by atoms with Crippen LogP contribution in [0.2, 0.25) is 0 Å². The van der Waals surface area contributed by atoms with Gasteiger partial charge in [-0.2, -0.15) is 0 Å². The zero-order chi connectivity index (χ0) is 14.1. The van der Waals surface area contributed by atoms with Crippen molar-refractivity contribution in [2.24, 2.45) is 4.99 Å². The summed E-state index contributed by atoms with van der Waals surface area (Å²) in [6.07, 6.45) is 1.71. The molecule has 0 saturated carbocycles. The highest BCUT2D eigenvalue weighted by molar-refractivity contribution is 6.04. The first-order chi connectivity index (χ1) is 9.65. The van der Waals surface area contributed by atoms with Crippen LogP contribution in [0.3, 0.4) is 0 Å². The molecule has 0 fully saturated rings. The topological polar surface area (TPSA) is 48.4 Å². The second-order valence-electron chi connectivity index (χ2n) is 4.98. The van der Waals surface area contributed by atoms with E-state index in [0.717, 1.165) is 27.7 Å². The van der Waals surface area contributed by atoms with Gasteiger partial charge in [-0.3, -0.25) is 4.99 Å². The Hall–Kier alpha value is -2.55.